The Kier molecular flexibility index (Phi) is 3.84. The first-order chi connectivity index (χ1) is 8.24. The first-order valence-electron chi connectivity index (χ1n) is 6.20. The lowest BCUT2D eigenvalue weighted by Crippen LogP contribution is -2.28. The molecule has 0 bridgehead atoms. The third-order valence-electron chi connectivity index (χ3n) is 3.21. The van der Waals surface area contributed by atoms with Gasteiger partial charge in [-0.15, -0.1) is 0 Å². The summed E-state index contributed by atoms with van der Waals surface area (Å²) in [4.78, 5) is 11.5. The van der Waals surface area contributed by atoms with Crippen molar-refractivity contribution in [3.63, 3.8) is 0 Å². The molecule has 94 valence electrons. The second-order valence-corrected chi connectivity index (χ2v) is 4.59. The van der Waals surface area contributed by atoms with Crippen LogP contribution in [0, 0.1) is 5.92 Å². The van der Waals surface area contributed by atoms with E-state index in [1.165, 1.54) is 12.8 Å². The molecule has 2 rings (SSSR count). The van der Waals surface area contributed by atoms with Gasteiger partial charge in [-0.1, -0.05) is 0 Å². The van der Waals surface area contributed by atoms with Crippen LogP contribution in [0.1, 0.15) is 19.8 Å². The summed E-state index contributed by atoms with van der Waals surface area (Å²) >= 11 is 0. The van der Waals surface area contributed by atoms with Gasteiger partial charge >= 0.3 is 0 Å². The Hall–Kier alpha value is -1.29. The highest BCUT2D eigenvalue weighted by molar-refractivity contribution is 5.41. The van der Waals surface area contributed by atoms with Crippen LogP contribution in [0.4, 0.5) is 5.69 Å². The molecule has 0 spiro atoms. The minimum absolute atomic E-state index is 0.0489. The van der Waals surface area contributed by atoms with E-state index in [-0.39, 0.29) is 5.56 Å². The summed E-state index contributed by atoms with van der Waals surface area (Å²) < 4.78 is 6.93. The standard InChI is InChI=1S/C13H20N2O2/c1-3-15-8-11(6-7-13(15)16)14-12(9-17-2)10-4-5-10/h6-8,10,12,14H,3-5,9H2,1-2H3. The highest BCUT2D eigenvalue weighted by atomic mass is 16.5. The lowest BCUT2D eigenvalue weighted by molar-refractivity contribution is 0.179. The predicted molar refractivity (Wildman–Crippen MR) is 68.4 cm³/mol. The van der Waals surface area contributed by atoms with Gasteiger partial charge in [0.25, 0.3) is 5.56 Å². The Bertz CT molecular complexity index is 424. The molecule has 1 unspecified atom stereocenters. The van der Waals surface area contributed by atoms with E-state index in [0.29, 0.717) is 12.6 Å². The number of aryl methyl sites for hydroxylation is 1. The summed E-state index contributed by atoms with van der Waals surface area (Å²) in [5.41, 5.74) is 1.05. The molecule has 0 amide bonds. The quantitative estimate of drug-likeness (QED) is 0.817. The molecule has 0 radical (unpaired) electrons. The van der Waals surface area contributed by atoms with Crippen LogP contribution in [0.25, 0.3) is 0 Å². The highest BCUT2D eigenvalue weighted by Gasteiger charge is 2.31. The van der Waals surface area contributed by atoms with E-state index < -0.39 is 0 Å². The molecule has 17 heavy (non-hydrogen) atoms. The molecule has 0 aromatic carbocycles. The third-order valence-corrected chi connectivity index (χ3v) is 3.21. The van der Waals surface area contributed by atoms with Crippen molar-refractivity contribution in [3.8, 4) is 0 Å². The minimum atomic E-state index is 0.0489. The maximum Gasteiger partial charge on any atom is 0.250 e. The summed E-state index contributed by atoms with van der Waals surface area (Å²) in [5, 5.41) is 3.46. The average Bonchev–Trinajstić information content (AvgIpc) is 3.15. The number of hydrogen-bond donors (Lipinski definition) is 1. The maximum atomic E-state index is 11.5. The summed E-state index contributed by atoms with van der Waals surface area (Å²) in [7, 11) is 1.73. The zero-order chi connectivity index (χ0) is 12.3. The van der Waals surface area contributed by atoms with Crippen molar-refractivity contribution in [3.05, 3.63) is 28.7 Å². The number of methoxy groups -OCH3 is 1. The summed E-state index contributed by atoms with van der Waals surface area (Å²) in [6, 6.07) is 3.82. The first-order valence-corrected chi connectivity index (χ1v) is 6.20. The number of nitrogens with one attached hydrogen (secondary N) is 1. The van der Waals surface area contributed by atoms with Gasteiger partial charge in [0.15, 0.2) is 0 Å². The van der Waals surface area contributed by atoms with Crippen LogP contribution in [0.15, 0.2) is 23.1 Å². The number of aromatic nitrogens is 1. The molecule has 1 N–H and O–H groups in total. The first kappa shape index (κ1) is 12.2. The molecule has 1 heterocycles. The molecule has 4 nitrogen and oxygen atoms in total. The van der Waals surface area contributed by atoms with Crippen molar-refractivity contribution in [2.75, 3.05) is 19.0 Å². The second-order valence-electron chi connectivity index (χ2n) is 4.59. The van der Waals surface area contributed by atoms with E-state index in [2.05, 4.69) is 5.32 Å². The molecule has 1 atom stereocenters. The fourth-order valence-corrected chi connectivity index (χ4v) is 2.05. The van der Waals surface area contributed by atoms with E-state index in [4.69, 9.17) is 4.74 Å². The molecule has 1 aliphatic carbocycles. The SMILES string of the molecule is CCn1cc(NC(COC)C2CC2)ccc1=O. The Balaban J connectivity index is 2.08. The van der Waals surface area contributed by atoms with Gasteiger partial charge in [-0.3, -0.25) is 4.79 Å². The molecule has 1 aromatic rings. The molecule has 0 saturated heterocycles. The van der Waals surface area contributed by atoms with E-state index in [9.17, 15) is 4.79 Å². The highest BCUT2D eigenvalue weighted by Crippen LogP contribution is 2.34. The van der Waals surface area contributed by atoms with Crippen molar-refractivity contribution < 1.29 is 4.74 Å². The zero-order valence-electron chi connectivity index (χ0n) is 10.5. The number of anilines is 1. The molecule has 1 saturated carbocycles. The Labute approximate surface area is 102 Å². The van der Waals surface area contributed by atoms with Crippen molar-refractivity contribution >= 4 is 5.69 Å². The largest absolute Gasteiger partial charge is 0.383 e. The lowest BCUT2D eigenvalue weighted by Gasteiger charge is -2.19. The van der Waals surface area contributed by atoms with Crippen LogP contribution in [0.3, 0.4) is 0 Å². The van der Waals surface area contributed by atoms with Crippen LogP contribution >= 0.6 is 0 Å². The average molecular weight is 236 g/mol. The molecule has 4 heteroatoms. The third kappa shape index (κ3) is 3.09. The molecule has 1 fully saturated rings. The van der Waals surface area contributed by atoms with Crippen LogP contribution in [-0.2, 0) is 11.3 Å². The van der Waals surface area contributed by atoms with Crippen molar-refractivity contribution in [1.82, 2.24) is 4.57 Å². The van der Waals surface area contributed by atoms with Crippen LogP contribution in [0.2, 0.25) is 0 Å². The number of nitrogens with zero attached hydrogens (tertiary/aromatic N) is 1. The van der Waals surface area contributed by atoms with Crippen LogP contribution in [0.5, 0.6) is 0 Å². The topological polar surface area (TPSA) is 43.3 Å². The molecule has 1 aromatic heterocycles. The Morgan fingerprint density at radius 2 is 2.29 bits per heavy atom. The van der Waals surface area contributed by atoms with Gasteiger partial charge in [-0.05, 0) is 31.7 Å². The van der Waals surface area contributed by atoms with E-state index >= 15 is 0 Å². The van der Waals surface area contributed by atoms with Gasteiger partial charge in [-0.2, -0.15) is 0 Å². The maximum absolute atomic E-state index is 11.5. The molecule has 0 aliphatic heterocycles. The second kappa shape index (κ2) is 5.36. The van der Waals surface area contributed by atoms with Gasteiger partial charge in [0, 0.05) is 25.9 Å². The van der Waals surface area contributed by atoms with Gasteiger partial charge in [0.2, 0.25) is 0 Å². The summed E-state index contributed by atoms with van der Waals surface area (Å²) in [6.07, 6.45) is 4.43. The summed E-state index contributed by atoms with van der Waals surface area (Å²) in [5.74, 6) is 0.719. The van der Waals surface area contributed by atoms with Crippen molar-refractivity contribution in [2.45, 2.75) is 32.4 Å². The molecular formula is C13H20N2O2. The zero-order valence-corrected chi connectivity index (χ0v) is 10.5. The van der Waals surface area contributed by atoms with Crippen molar-refractivity contribution in [1.29, 1.82) is 0 Å². The van der Waals surface area contributed by atoms with E-state index in [1.807, 2.05) is 19.2 Å². The van der Waals surface area contributed by atoms with Crippen LogP contribution in [-0.4, -0.2) is 24.3 Å². The lowest BCUT2D eigenvalue weighted by atomic mass is 10.2. The van der Waals surface area contributed by atoms with Crippen LogP contribution < -0.4 is 10.9 Å². The minimum Gasteiger partial charge on any atom is -0.383 e. The van der Waals surface area contributed by atoms with Gasteiger partial charge < -0.3 is 14.6 Å². The number of rotatable bonds is 6. The number of hydrogen-bond acceptors (Lipinski definition) is 3. The Morgan fingerprint density at radius 1 is 1.53 bits per heavy atom. The number of pyridine rings is 1. The summed E-state index contributed by atoms with van der Waals surface area (Å²) in [6.45, 7) is 3.39. The fourth-order valence-electron chi connectivity index (χ4n) is 2.05. The molecular weight excluding hydrogens is 216 g/mol. The van der Waals surface area contributed by atoms with E-state index in [0.717, 1.165) is 18.2 Å². The predicted octanol–water partition coefficient (Wildman–Crippen LogP) is 1.71. The number of ether oxygens (including phenoxy) is 1. The Morgan fingerprint density at radius 3 is 2.88 bits per heavy atom. The van der Waals surface area contributed by atoms with Gasteiger partial charge in [0.05, 0.1) is 18.3 Å². The monoisotopic (exact) mass is 236 g/mol. The fraction of sp³-hybridized carbons (Fsp3) is 0.615. The van der Waals surface area contributed by atoms with Gasteiger partial charge in [0.1, 0.15) is 0 Å². The van der Waals surface area contributed by atoms with Crippen molar-refractivity contribution in [2.24, 2.45) is 5.92 Å². The normalized spacial score (nSPS) is 16.8. The van der Waals surface area contributed by atoms with E-state index in [1.54, 1.807) is 17.7 Å². The smallest absolute Gasteiger partial charge is 0.250 e. The van der Waals surface area contributed by atoms with Gasteiger partial charge in [-0.25, -0.2) is 0 Å². The molecule has 1 aliphatic rings.